The molecule has 0 fully saturated rings. The SMILES string of the molecule is CCC(CC)(CO)CNc1nccn2c(C)nnc12. The molecule has 0 aliphatic carbocycles. The molecule has 0 radical (unpaired) electrons. The van der Waals surface area contributed by atoms with Crippen LogP contribution in [0.4, 0.5) is 5.82 Å². The van der Waals surface area contributed by atoms with E-state index in [4.69, 9.17) is 0 Å². The van der Waals surface area contributed by atoms with Crippen LogP contribution in [-0.2, 0) is 0 Å². The Bertz CT molecular complexity index is 539. The lowest BCUT2D eigenvalue weighted by Gasteiger charge is -2.29. The molecule has 0 atom stereocenters. The van der Waals surface area contributed by atoms with Gasteiger partial charge in [-0.25, -0.2) is 4.98 Å². The summed E-state index contributed by atoms with van der Waals surface area (Å²) in [6, 6.07) is 0. The average Bonchev–Trinajstić information content (AvgIpc) is 2.84. The van der Waals surface area contributed by atoms with Crippen LogP contribution in [-0.4, -0.2) is 37.8 Å². The summed E-state index contributed by atoms with van der Waals surface area (Å²) < 4.78 is 1.90. The maximum Gasteiger partial charge on any atom is 0.203 e. The average molecular weight is 263 g/mol. The number of fused-ring (bicyclic) bond motifs is 1. The second-order valence-corrected chi connectivity index (χ2v) is 4.94. The molecule has 2 N–H and O–H groups in total. The number of hydrogen-bond donors (Lipinski definition) is 2. The van der Waals surface area contributed by atoms with E-state index < -0.39 is 0 Å². The van der Waals surface area contributed by atoms with Crippen molar-refractivity contribution in [2.24, 2.45) is 5.41 Å². The van der Waals surface area contributed by atoms with Crippen LogP contribution in [0.3, 0.4) is 0 Å². The zero-order chi connectivity index (χ0) is 13.9. The lowest BCUT2D eigenvalue weighted by Crippen LogP contribution is -2.32. The maximum absolute atomic E-state index is 9.58. The zero-order valence-corrected chi connectivity index (χ0v) is 11.7. The molecule has 6 nitrogen and oxygen atoms in total. The van der Waals surface area contributed by atoms with Crippen LogP contribution in [0.15, 0.2) is 12.4 Å². The van der Waals surface area contributed by atoms with Gasteiger partial charge < -0.3 is 10.4 Å². The number of aliphatic hydroxyl groups is 1. The van der Waals surface area contributed by atoms with Gasteiger partial charge in [-0.1, -0.05) is 13.8 Å². The summed E-state index contributed by atoms with van der Waals surface area (Å²) >= 11 is 0. The number of nitrogens with one attached hydrogen (secondary N) is 1. The molecule has 0 unspecified atom stereocenters. The highest BCUT2D eigenvalue weighted by Crippen LogP contribution is 2.26. The second kappa shape index (κ2) is 5.52. The Morgan fingerprint density at radius 1 is 1.32 bits per heavy atom. The van der Waals surface area contributed by atoms with E-state index in [0.29, 0.717) is 12.4 Å². The lowest BCUT2D eigenvalue weighted by atomic mass is 9.83. The normalized spacial score (nSPS) is 12.0. The van der Waals surface area contributed by atoms with Crippen LogP contribution < -0.4 is 5.32 Å². The number of aryl methyl sites for hydroxylation is 1. The van der Waals surface area contributed by atoms with Crippen molar-refractivity contribution in [1.29, 1.82) is 0 Å². The predicted octanol–water partition coefficient (Wildman–Crippen LogP) is 1.64. The van der Waals surface area contributed by atoms with Crippen molar-refractivity contribution < 1.29 is 5.11 Å². The van der Waals surface area contributed by atoms with Gasteiger partial charge in [0.05, 0.1) is 6.61 Å². The van der Waals surface area contributed by atoms with Gasteiger partial charge in [0, 0.05) is 24.4 Å². The van der Waals surface area contributed by atoms with Crippen molar-refractivity contribution in [2.75, 3.05) is 18.5 Å². The van der Waals surface area contributed by atoms with E-state index in [1.165, 1.54) is 0 Å². The van der Waals surface area contributed by atoms with Gasteiger partial charge in [0.15, 0.2) is 5.82 Å². The monoisotopic (exact) mass is 263 g/mol. The fourth-order valence-electron chi connectivity index (χ4n) is 2.12. The molecular formula is C13H21N5O. The van der Waals surface area contributed by atoms with Crippen LogP contribution in [0.1, 0.15) is 32.5 Å². The smallest absolute Gasteiger partial charge is 0.203 e. The summed E-state index contributed by atoms with van der Waals surface area (Å²) in [4.78, 5) is 4.31. The predicted molar refractivity (Wildman–Crippen MR) is 74.1 cm³/mol. The molecule has 0 amide bonds. The van der Waals surface area contributed by atoms with Gasteiger partial charge in [-0.3, -0.25) is 4.40 Å². The van der Waals surface area contributed by atoms with E-state index in [9.17, 15) is 5.11 Å². The van der Waals surface area contributed by atoms with Gasteiger partial charge in [0.25, 0.3) is 0 Å². The number of nitrogens with zero attached hydrogens (tertiary/aromatic N) is 4. The molecule has 6 heteroatoms. The van der Waals surface area contributed by atoms with E-state index in [-0.39, 0.29) is 12.0 Å². The van der Waals surface area contributed by atoms with Crippen molar-refractivity contribution in [1.82, 2.24) is 19.6 Å². The fourth-order valence-corrected chi connectivity index (χ4v) is 2.12. The highest BCUT2D eigenvalue weighted by atomic mass is 16.3. The number of anilines is 1. The number of aliphatic hydroxyl groups excluding tert-OH is 1. The van der Waals surface area contributed by atoms with Gasteiger partial charge in [0.1, 0.15) is 5.82 Å². The molecule has 0 aliphatic heterocycles. The van der Waals surface area contributed by atoms with Crippen molar-refractivity contribution in [3.05, 3.63) is 18.2 Å². The van der Waals surface area contributed by atoms with E-state index in [1.54, 1.807) is 6.20 Å². The third kappa shape index (κ3) is 2.53. The van der Waals surface area contributed by atoms with E-state index >= 15 is 0 Å². The first-order valence-corrected chi connectivity index (χ1v) is 6.67. The van der Waals surface area contributed by atoms with Gasteiger partial charge >= 0.3 is 0 Å². The van der Waals surface area contributed by atoms with Gasteiger partial charge in [-0.2, -0.15) is 0 Å². The minimum absolute atomic E-state index is 0.108. The molecule has 0 spiro atoms. The summed E-state index contributed by atoms with van der Waals surface area (Å²) in [5, 5.41) is 21.0. The van der Waals surface area contributed by atoms with Gasteiger partial charge in [-0.05, 0) is 19.8 Å². The van der Waals surface area contributed by atoms with Crippen molar-refractivity contribution >= 4 is 11.5 Å². The highest BCUT2D eigenvalue weighted by Gasteiger charge is 2.25. The Hall–Kier alpha value is -1.69. The number of aromatic nitrogens is 4. The highest BCUT2D eigenvalue weighted by molar-refractivity contribution is 5.61. The Morgan fingerprint density at radius 2 is 2.05 bits per heavy atom. The molecule has 19 heavy (non-hydrogen) atoms. The Balaban J connectivity index is 2.22. The number of hydrogen-bond acceptors (Lipinski definition) is 5. The Kier molecular flexibility index (Phi) is 3.99. The molecule has 0 saturated heterocycles. The zero-order valence-electron chi connectivity index (χ0n) is 11.7. The first-order valence-electron chi connectivity index (χ1n) is 6.67. The first-order chi connectivity index (χ1) is 9.15. The molecule has 104 valence electrons. The van der Waals surface area contributed by atoms with E-state index in [0.717, 1.165) is 24.3 Å². The fraction of sp³-hybridized carbons (Fsp3) is 0.615. The summed E-state index contributed by atoms with van der Waals surface area (Å²) in [7, 11) is 0. The summed E-state index contributed by atoms with van der Waals surface area (Å²) in [5.74, 6) is 1.54. The van der Waals surface area contributed by atoms with Crippen LogP contribution >= 0.6 is 0 Å². The van der Waals surface area contributed by atoms with Crippen LogP contribution in [0.2, 0.25) is 0 Å². The molecule has 2 rings (SSSR count). The minimum Gasteiger partial charge on any atom is -0.396 e. The van der Waals surface area contributed by atoms with Gasteiger partial charge in [-0.15, -0.1) is 10.2 Å². The molecule has 2 aromatic heterocycles. The van der Waals surface area contributed by atoms with Crippen molar-refractivity contribution in [3.8, 4) is 0 Å². The third-order valence-electron chi connectivity index (χ3n) is 3.96. The van der Waals surface area contributed by atoms with Crippen LogP contribution in [0.25, 0.3) is 5.65 Å². The van der Waals surface area contributed by atoms with E-state index in [1.807, 2.05) is 17.5 Å². The lowest BCUT2D eigenvalue weighted by molar-refractivity contribution is 0.127. The second-order valence-electron chi connectivity index (χ2n) is 4.94. The van der Waals surface area contributed by atoms with Crippen molar-refractivity contribution in [3.63, 3.8) is 0 Å². The molecule has 2 aromatic rings. The number of rotatable bonds is 6. The molecule has 0 saturated carbocycles. The van der Waals surface area contributed by atoms with Gasteiger partial charge in [0.2, 0.25) is 5.65 Å². The molecule has 0 aliphatic rings. The standard InChI is InChI=1S/C13H21N5O/c1-4-13(5-2,9-19)8-15-11-12-17-16-10(3)18(12)7-6-14-11/h6-7,19H,4-5,8-9H2,1-3H3,(H,14,15). The third-order valence-corrected chi connectivity index (χ3v) is 3.96. The largest absolute Gasteiger partial charge is 0.396 e. The molecular weight excluding hydrogens is 242 g/mol. The Labute approximate surface area is 112 Å². The van der Waals surface area contributed by atoms with Crippen LogP contribution in [0, 0.1) is 12.3 Å². The quantitative estimate of drug-likeness (QED) is 0.828. The van der Waals surface area contributed by atoms with E-state index in [2.05, 4.69) is 34.3 Å². The first kappa shape index (κ1) is 13.7. The maximum atomic E-state index is 9.58. The Morgan fingerprint density at radius 3 is 2.68 bits per heavy atom. The molecule has 0 bridgehead atoms. The van der Waals surface area contributed by atoms with Crippen molar-refractivity contribution in [2.45, 2.75) is 33.6 Å². The van der Waals surface area contributed by atoms with Crippen LogP contribution in [0.5, 0.6) is 0 Å². The molecule has 2 heterocycles. The summed E-state index contributed by atoms with van der Waals surface area (Å²) in [5.41, 5.74) is 0.614. The summed E-state index contributed by atoms with van der Waals surface area (Å²) in [6.45, 7) is 6.93. The topological polar surface area (TPSA) is 75.3 Å². The molecule has 0 aromatic carbocycles. The minimum atomic E-state index is -0.108. The summed E-state index contributed by atoms with van der Waals surface area (Å²) in [6.07, 6.45) is 5.41.